The molecule has 35 heavy (non-hydrogen) atoms. The third kappa shape index (κ3) is 5.37. The van der Waals surface area contributed by atoms with Gasteiger partial charge in [0.2, 0.25) is 5.56 Å². The summed E-state index contributed by atoms with van der Waals surface area (Å²) >= 11 is 0. The van der Waals surface area contributed by atoms with Crippen molar-refractivity contribution in [3.05, 3.63) is 64.1 Å². The molecule has 0 amide bonds. The molecule has 5 rings (SSSR count). The Kier molecular flexibility index (Phi) is 7.08. The summed E-state index contributed by atoms with van der Waals surface area (Å²) in [6, 6.07) is 13.3. The highest BCUT2D eigenvalue weighted by Crippen LogP contribution is 2.31. The first kappa shape index (κ1) is 23.5. The second-order valence-electron chi connectivity index (χ2n) is 9.06. The molecular weight excluding hydrogens is 444 g/mol. The van der Waals surface area contributed by atoms with E-state index in [2.05, 4.69) is 27.0 Å². The fraction of sp³-hybridized carbons (Fsp3) is 0.423. The molecule has 1 saturated heterocycles. The number of fused-ring (bicyclic) bond motifs is 1. The number of pyridine rings is 1. The lowest BCUT2D eigenvalue weighted by Gasteiger charge is -2.37. The van der Waals surface area contributed by atoms with E-state index in [0.717, 1.165) is 61.2 Å². The van der Waals surface area contributed by atoms with Gasteiger partial charge in [0.1, 0.15) is 11.6 Å². The molecule has 2 aliphatic rings. The highest BCUT2D eigenvalue weighted by molar-refractivity contribution is 5.65. The van der Waals surface area contributed by atoms with Gasteiger partial charge in [0.05, 0.1) is 31.6 Å². The van der Waals surface area contributed by atoms with E-state index in [1.807, 2.05) is 30.3 Å². The lowest BCUT2D eigenvalue weighted by Crippen LogP contribution is -2.45. The van der Waals surface area contributed by atoms with Crippen LogP contribution in [0.25, 0.3) is 11.4 Å². The number of hydrogen-bond acceptors (Lipinski definition) is 8. The summed E-state index contributed by atoms with van der Waals surface area (Å²) in [6.07, 6.45) is 0.927. The minimum Gasteiger partial charge on any atom is -0.383 e. The van der Waals surface area contributed by atoms with Crippen molar-refractivity contribution in [1.82, 2.24) is 19.9 Å². The third-order valence-electron chi connectivity index (χ3n) is 6.56. The maximum absolute atomic E-state index is 11.6. The van der Waals surface area contributed by atoms with E-state index in [1.165, 1.54) is 11.6 Å². The molecule has 0 aliphatic carbocycles. The second kappa shape index (κ2) is 10.6. The van der Waals surface area contributed by atoms with Gasteiger partial charge in [0, 0.05) is 56.2 Å². The minimum absolute atomic E-state index is 0.140. The molecular formula is C26H32N6O3. The van der Waals surface area contributed by atoms with Crippen LogP contribution in [0.4, 0.5) is 17.3 Å². The average Bonchev–Trinajstić information content (AvgIpc) is 2.87. The molecule has 3 aromatic rings. The number of nitrogens with one attached hydrogen (secondary N) is 2. The summed E-state index contributed by atoms with van der Waals surface area (Å²) in [4.78, 5) is 29.2. The zero-order chi connectivity index (χ0) is 24.2. The monoisotopic (exact) mass is 476 g/mol. The topological polar surface area (TPSA) is 95.6 Å². The maximum Gasteiger partial charge on any atom is 0.249 e. The van der Waals surface area contributed by atoms with Gasteiger partial charge in [-0.15, -0.1) is 0 Å². The smallest absolute Gasteiger partial charge is 0.249 e. The number of methoxy groups -OCH3 is 1. The molecule has 2 aromatic heterocycles. The molecule has 0 bridgehead atoms. The molecule has 0 unspecified atom stereocenters. The molecule has 1 aromatic carbocycles. The zero-order valence-electron chi connectivity index (χ0n) is 20.3. The highest BCUT2D eigenvalue weighted by atomic mass is 16.5. The van der Waals surface area contributed by atoms with Gasteiger partial charge < -0.3 is 24.7 Å². The first-order chi connectivity index (χ1) is 17.1. The number of morpholine rings is 1. The largest absolute Gasteiger partial charge is 0.383 e. The van der Waals surface area contributed by atoms with E-state index >= 15 is 0 Å². The summed E-state index contributed by atoms with van der Waals surface area (Å²) in [6.45, 7) is 7.80. The summed E-state index contributed by atoms with van der Waals surface area (Å²) < 4.78 is 11.0. The van der Waals surface area contributed by atoms with Crippen LogP contribution >= 0.6 is 0 Å². The summed E-state index contributed by atoms with van der Waals surface area (Å²) in [5.41, 5.74) is 4.04. The number of H-pyrrole nitrogens is 1. The SMILES string of the molecule is COCCN1CCc2c(nc(-c3ccc(Nc4cccc(=O)[nH]4)cc3)nc2N2CCOC[C@@H]2C)C1. The van der Waals surface area contributed by atoms with Crippen LogP contribution in [0.15, 0.2) is 47.3 Å². The Hall–Kier alpha value is -3.27. The molecule has 4 heterocycles. The Bertz CT molecular complexity index is 1210. The Balaban J connectivity index is 1.46. The van der Waals surface area contributed by atoms with Gasteiger partial charge in [-0.25, -0.2) is 9.97 Å². The third-order valence-corrected chi connectivity index (χ3v) is 6.56. The fourth-order valence-electron chi connectivity index (χ4n) is 4.66. The molecule has 0 radical (unpaired) electrons. The molecule has 0 spiro atoms. The van der Waals surface area contributed by atoms with Gasteiger partial charge in [-0.05, 0) is 43.7 Å². The van der Waals surface area contributed by atoms with Crippen LogP contribution in [0.2, 0.25) is 0 Å². The van der Waals surface area contributed by atoms with Crippen molar-refractivity contribution in [2.75, 3.05) is 56.8 Å². The van der Waals surface area contributed by atoms with Crippen molar-refractivity contribution in [2.24, 2.45) is 0 Å². The number of ether oxygens (including phenoxy) is 2. The van der Waals surface area contributed by atoms with Gasteiger partial charge in [-0.1, -0.05) is 6.07 Å². The van der Waals surface area contributed by atoms with Crippen molar-refractivity contribution in [2.45, 2.75) is 25.9 Å². The molecule has 2 N–H and O–H groups in total. The Morgan fingerprint density at radius 3 is 2.80 bits per heavy atom. The van der Waals surface area contributed by atoms with E-state index in [0.29, 0.717) is 25.6 Å². The normalized spacial score (nSPS) is 18.3. The Morgan fingerprint density at radius 1 is 1.17 bits per heavy atom. The fourth-order valence-corrected chi connectivity index (χ4v) is 4.66. The number of aromatic nitrogens is 3. The number of benzene rings is 1. The molecule has 2 aliphatic heterocycles. The second-order valence-corrected chi connectivity index (χ2v) is 9.06. The first-order valence-corrected chi connectivity index (χ1v) is 12.1. The van der Waals surface area contributed by atoms with Crippen molar-refractivity contribution in [3.8, 4) is 11.4 Å². The van der Waals surface area contributed by atoms with E-state index in [9.17, 15) is 4.79 Å². The van der Waals surface area contributed by atoms with Gasteiger partial charge in [0.25, 0.3) is 0 Å². The van der Waals surface area contributed by atoms with E-state index in [1.54, 1.807) is 13.2 Å². The van der Waals surface area contributed by atoms with Crippen LogP contribution in [0.3, 0.4) is 0 Å². The van der Waals surface area contributed by atoms with Crippen LogP contribution in [0.1, 0.15) is 18.2 Å². The predicted octanol–water partition coefficient (Wildman–Crippen LogP) is 2.81. The van der Waals surface area contributed by atoms with Crippen LogP contribution < -0.4 is 15.8 Å². The number of aromatic amines is 1. The molecule has 9 nitrogen and oxygen atoms in total. The van der Waals surface area contributed by atoms with Crippen molar-refractivity contribution >= 4 is 17.3 Å². The quantitative estimate of drug-likeness (QED) is 0.538. The number of nitrogens with zero attached hydrogens (tertiary/aromatic N) is 4. The van der Waals surface area contributed by atoms with E-state index in [-0.39, 0.29) is 11.6 Å². The van der Waals surface area contributed by atoms with Crippen molar-refractivity contribution in [1.29, 1.82) is 0 Å². The van der Waals surface area contributed by atoms with Crippen molar-refractivity contribution in [3.63, 3.8) is 0 Å². The summed E-state index contributed by atoms with van der Waals surface area (Å²) in [5.74, 6) is 2.41. The number of anilines is 3. The highest BCUT2D eigenvalue weighted by Gasteiger charge is 2.28. The standard InChI is InChI=1S/C26H32N6O3/c1-18-17-35-15-13-32(18)26-21-10-11-31(12-14-34-2)16-22(21)28-25(30-26)19-6-8-20(9-7-19)27-23-4-3-5-24(33)29-23/h3-9,18H,10-17H2,1-2H3,(H2,27,29,33)/t18-/m0/s1. The zero-order valence-corrected chi connectivity index (χ0v) is 20.3. The minimum atomic E-state index is -0.140. The van der Waals surface area contributed by atoms with Gasteiger partial charge >= 0.3 is 0 Å². The van der Waals surface area contributed by atoms with E-state index in [4.69, 9.17) is 19.4 Å². The first-order valence-electron chi connectivity index (χ1n) is 12.1. The van der Waals surface area contributed by atoms with Gasteiger partial charge in [-0.3, -0.25) is 9.69 Å². The Labute approximate surface area is 205 Å². The van der Waals surface area contributed by atoms with Crippen molar-refractivity contribution < 1.29 is 9.47 Å². The lowest BCUT2D eigenvalue weighted by molar-refractivity contribution is 0.0982. The lowest BCUT2D eigenvalue weighted by atomic mass is 10.0. The molecule has 184 valence electrons. The average molecular weight is 477 g/mol. The Morgan fingerprint density at radius 2 is 2.03 bits per heavy atom. The van der Waals surface area contributed by atoms with E-state index < -0.39 is 0 Å². The van der Waals surface area contributed by atoms with Crippen LogP contribution in [-0.2, 0) is 22.4 Å². The summed E-state index contributed by atoms with van der Waals surface area (Å²) in [5, 5.41) is 3.23. The van der Waals surface area contributed by atoms with Crippen LogP contribution in [-0.4, -0.2) is 72.5 Å². The van der Waals surface area contributed by atoms with Crippen LogP contribution in [0.5, 0.6) is 0 Å². The molecule has 1 fully saturated rings. The molecule has 9 heteroatoms. The maximum atomic E-state index is 11.6. The number of rotatable bonds is 7. The summed E-state index contributed by atoms with van der Waals surface area (Å²) in [7, 11) is 1.74. The molecule has 0 saturated carbocycles. The molecule has 1 atom stereocenters. The predicted molar refractivity (Wildman–Crippen MR) is 136 cm³/mol. The van der Waals surface area contributed by atoms with Gasteiger partial charge in [-0.2, -0.15) is 0 Å². The van der Waals surface area contributed by atoms with Gasteiger partial charge in [0.15, 0.2) is 5.82 Å². The number of hydrogen-bond donors (Lipinski definition) is 2. The van der Waals surface area contributed by atoms with Crippen LogP contribution in [0, 0.1) is 0 Å².